The Labute approximate surface area is 150 Å². The van der Waals surface area contributed by atoms with Crippen LogP contribution in [0.15, 0.2) is 58.2 Å². The summed E-state index contributed by atoms with van der Waals surface area (Å²) in [7, 11) is 3.27. The van der Waals surface area contributed by atoms with E-state index in [1.807, 2.05) is 48.5 Å². The number of aromatic nitrogens is 1. The van der Waals surface area contributed by atoms with E-state index in [1.165, 1.54) is 11.8 Å². The molecule has 6 heteroatoms. The Hall–Kier alpha value is -2.44. The minimum Gasteiger partial charge on any atom is -0.497 e. The van der Waals surface area contributed by atoms with Gasteiger partial charge in [-0.1, -0.05) is 11.8 Å². The minimum absolute atomic E-state index is 0.0722. The van der Waals surface area contributed by atoms with Crippen molar-refractivity contribution in [2.45, 2.75) is 5.22 Å². The average molecular weight is 357 g/mol. The van der Waals surface area contributed by atoms with Crippen molar-refractivity contribution in [1.82, 2.24) is 4.98 Å². The molecule has 1 N–H and O–H groups in total. The smallest absolute Gasteiger partial charge is 0.256 e. The first-order chi connectivity index (χ1) is 12.2. The monoisotopic (exact) mass is 357 g/mol. The SMILES string of the molecule is COc1ccc(-c2nc(SCCO)oc2-c2ccc(OC)cc2)cc1. The van der Waals surface area contributed by atoms with Crippen LogP contribution < -0.4 is 9.47 Å². The predicted octanol–water partition coefficient (Wildman–Crippen LogP) is 4.11. The van der Waals surface area contributed by atoms with Gasteiger partial charge in [0.15, 0.2) is 5.76 Å². The number of rotatable bonds is 7. The molecule has 0 fully saturated rings. The molecule has 0 aliphatic carbocycles. The molecule has 0 saturated heterocycles. The van der Waals surface area contributed by atoms with Crippen molar-refractivity contribution in [2.24, 2.45) is 0 Å². The Morgan fingerprint density at radius 1 is 0.920 bits per heavy atom. The summed E-state index contributed by atoms with van der Waals surface area (Å²) in [6.07, 6.45) is 0. The summed E-state index contributed by atoms with van der Waals surface area (Å²) in [5.74, 6) is 2.79. The zero-order valence-electron chi connectivity index (χ0n) is 14.1. The largest absolute Gasteiger partial charge is 0.497 e. The van der Waals surface area contributed by atoms with Gasteiger partial charge in [-0.2, -0.15) is 0 Å². The van der Waals surface area contributed by atoms with E-state index in [9.17, 15) is 0 Å². The lowest BCUT2D eigenvalue weighted by molar-refractivity contribution is 0.322. The zero-order chi connectivity index (χ0) is 17.6. The lowest BCUT2D eigenvalue weighted by Gasteiger charge is -2.04. The van der Waals surface area contributed by atoms with E-state index in [-0.39, 0.29) is 6.61 Å². The molecule has 0 radical (unpaired) electrons. The quantitative estimate of drug-likeness (QED) is 0.642. The van der Waals surface area contributed by atoms with E-state index in [4.69, 9.17) is 19.0 Å². The van der Waals surface area contributed by atoms with Crippen LogP contribution in [0.5, 0.6) is 11.5 Å². The molecule has 3 rings (SSSR count). The highest BCUT2D eigenvalue weighted by atomic mass is 32.2. The van der Waals surface area contributed by atoms with Gasteiger partial charge in [-0.05, 0) is 48.5 Å². The summed E-state index contributed by atoms with van der Waals surface area (Å²) >= 11 is 1.38. The third-order valence-electron chi connectivity index (χ3n) is 3.64. The molecule has 25 heavy (non-hydrogen) atoms. The van der Waals surface area contributed by atoms with E-state index in [0.717, 1.165) is 28.3 Å². The molecule has 1 aromatic heterocycles. The molecule has 0 saturated carbocycles. The topological polar surface area (TPSA) is 64.7 Å². The average Bonchev–Trinajstić information content (AvgIpc) is 3.10. The Kier molecular flexibility index (Phi) is 5.63. The van der Waals surface area contributed by atoms with Crippen molar-refractivity contribution in [3.05, 3.63) is 48.5 Å². The Balaban J connectivity index is 2.02. The normalized spacial score (nSPS) is 10.7. The first-order valence-corrected chi connectivity index (χ1v) is 8.77. The molecule has 0 spiro atoms. The number of aliphatic hydroxyl groups is 1. The highest BCUT2D eigenvalue weighted by molar-refractivity contribution is 7.99. The fourth-order valence-corrected chi connectivity index (χ4v) is 2.94. The van der Waals surface area contributed by atoms with Gasteiger partial charge >= 0.3 is 0 Å². The summed E-state index contributed by atoms with van der Waals surface area (Å²) in [6, 6.07) is 15.3. The zero-order valence-corrected chi connectivity index (χ0v) is 14.9. The van der Waals surface area contributed by atoms with Crippen LogP contribution in [0, 0.1) is 0 Å². The summed E-state index contributed by atoms with van der Waals surface area (Å²) in [5.41, 5.74) is 2.61. The second-order valence-corrected chi connectivity index (χ2v) is 6.23. The number of benzene rings is 2. The first-order valence-electron chi connectivity index (χ1n) is 7.78. The van der Waals surface area contributed by atoms with Gasteiger partial charge < -0.3 is 19.0 Å². The minimum atomic E-state index is 0.0722. The number of aliphatic hydroxyl groups excluding tert-OH is 1. The van der Waals surface area contributed by atoms with Crippen LogP contribution in [0.4, 0.5) is 0 Å². The van der Waals surface area contributed by atoms with Gasteiger partial charge in [0.2, 0.25) is 0 Å². The first kappa shape index (κ1) is 17.4. The molecule has 0 aliphatic rings. The maximum absolute atomic E-state index is 9.04. The van der Waals surface area contributed by atoms with Gasteiger partial charge in [0.05, 0.1) is 20.8 Å². The maximum Gasteiger partial charge on any atom is 0.256 e. The van der Waals surface area contributed by atoms with Gasteiger partial charge in [0.1, 0.15) is 17.2 Å². The molecule has 1 heterocycles. The molecule has 3 aromatic rings. The number of nitrogens with zero attached hydrogens (tertiary/aromatic N) is 1. The van der Waals surface area contributed by atoms with Crippen LogP contribution in [0.25, 0.3) is 22.6 Å². The van der Waals surface area contributed by atoms with E-state index in [1.54, 1.807) is 14.2 Å². The van der Waals surface area contributed by atoms with Crippen LogP contribution in [0.3, 0.4) is 0 Å². The molecule has 0 amide bonds. The van der Waals surface area contributed by atoms with Crippen molar-refractivity contribution in [3.8, 4) is 34.1 Å². The molecule has 5 nitrogen and oxygen atoms in total. The maximum atomic E-state index is 9.04. The fraction of sp³-hybridized carbons (Fsp3) is 0.211. The van der Waals surface area contributed by atoms with Gasteiger partial charge in [-0.3, -0.25) is 0 Å². The van der Waals surface area contributed by atoms with E-state index in [2.05, 4.69) is 4.98 Å². The third kappa shape index (κ3) is 3.97. The van der Waals surface area contributed by atoms with Gasteiger partial charge in [-0.25, -0.2) is 4.98 Å². The molecule has 0 unspecified atom stereocenters. The highest BCUT2D eigenvalue weighted by Crippen LogP contribution is 2.36. The number of hydrogen-bond acceptors (Lipinski definition) is 6. The van der Waals surface area contributed by atoms with E-state index < -0.39 is 0 Å². The van der Waals surface area contributed by atoms with E-state index >= 15 is 0 Å². The lowest BCUT2D eigenvalue weighted by atomic mass is 10.1. The molecule has 2 aromatic carbocycles. The van der Waals surface area contributed by atoms with Crippen LogP contribution in [0.2, 0.25) is 0 Å². The fourth-order valence-electron chi connectivity index (χ4n) is 2.38. The van der Waals surface area contributed by atoms with Crippen LogP contribution >= 0.6 is 11.8 Å². The lowest BCUT2D eigenvalue weighted by Crippen LogP contribution is -1.86. The molecular weight excluding hydrogens is 338 g/mol. The molecule has 130 valence electrons. The molecule has 0 bridgehead atoms. The Morgan fingerprint density at radius 2 is 1.48 bits per heavy atom. The second kappa shape index (κ2) is 8.09. The molecular formula is C19H19NO4S. The standard InChI is InChI=1S/C19H19NO4S/c1-22-15-7-3-13(4-8-15)17-18(24-19(20-17)25-12-11-21)14-5-9-16(23-2)10-6-14/h3-10,21H,11-12H2,1-2H3. The summed E-state index contributed by atoms with van der Waals surface area (Å²) in [6.45, 7) is 0.0722. The number of ether oxygens (including phenoxy) is 2. The van der Waals surface area contributed by atoms with Crippen LogP contribution in [-0.2, 0) is 0 Å². The van der Waals surface area contributed by atoms with Gasteiger partial charge in [-0.15, -0.1) is 0 Å². The predicted molar refractivity (Wildman–Crippen MR) is 98.3 cm³/mol. The van der Waals surface area contributed by atoms with Crippen molar-refractivity contribution >= 4 is 11.8 Å². The Morgan fingerprint density at radius 3 is 2.00 bits per heavy atom. The number of oxazole rings is 1. The molecule has 0 aliphatic heterocycles. The van der Waals surface area contributed by atoms with Gasteiger partial charge in [0.25, 0.3) is 5.22 Å². The van der Waals surface area contributed by atoms with Crippen LogP contribution in [-0.4, -0.2) is 36.7 Å². The van der Waals surface area contributed by atoms with Gasteiger partial charge in [0, 0.05) is 16.9 Å². The number of thioether (sulfide) groups is 1. The summed E-state index contributed by atoms with van der Waals surface area (Å²) < 4.78 is 16.4. The van der Waals surface area contributed by atoms with Crippen molar-refractivity contribution < 1.29 is 19.0 Å². The van der Waals surface area contributed by atoms with Crippen molar-refractivity contribution in [3.63, 3.8) is 0 Å². The van der Waals surface area contributed by atoms with Crippen molar-refractivity contribution in [1.29, 1.82) is 0 Å². The van der Waals surface area contributed by atoms with Crippen molar-refractivity contribution in [2.75, 3.05) is 26.6 Å². The third-order valence-corrected chi connectivity index (χ3v) is 4.45. The summed E-state index contributed by atoms with van der Waals surface area (Å²) in [5, 5.41) is 9.57. The van der Waals surface area contributed by atoms with E-state index in [0.29, 0.717) is 16.7 Å². The second-order valence-electron chi connectivity index (χ2n) is 5.19. The van der Waals surface area contributed by atoms with Crippen LogP contribution in [0.1, 0.15) is 0 Å². The number of hydrogen-bond donors (Lipinski definition) is 1. The summed E-state index contributed by atoms with van der Waals surface area (Å²) in [4.78, 5) is 4.61. The number of methoxy groups -OCH3 is 2. The molecule has 0 atom stereocenters. The Bertz CT molecular complexity index is 747. The highest BCUT2D eigenvalue weighted by Gasteiger charge is 2.17.